The molecule has 0 radical (unpaired) electrons. The highest BCUT2D eigenvalue weighted by Crippen LogP contribution is 2.40. The van der Waals surface area contributed by atoms with E-state index in [0.29, 0.717) is 12.3 Å². The van der Waals surface area contributed by atoms with Crippen molar-refractivity contribution < 1.29 is 23.5 Å². The van der Waals surface area contributed by atoms with E-state index >= 15 is 0 Å². The molecule has 0 saturated carbocycles. The number of allylic oxidation sites excluding steroid dienone is 2. The number of hydrogen-bond acceptors (Lipinski definition) is 7. The molecule has 0 aromatic carbocycles. The summed E-state index contributed by atoms with van der Waals surface area (Å²) < 4.78 is 10.9. The average Bonchev–Trinajstić information content (AvgIpc) is 3.23. The Hall–Kier alpha value is -3.03. The summed E-state index contributed by atoms with van der Waals surface area (Å²) in [6.45, 7) is 10.4. The molecule has 3 rings (SSSR count). The molecule has 29 heavy (non-hydrogen) atoms. The Morgan fingerprint density at radius 2 is 1.97 bits per heavy atom. The number of carbonyl (C=O) groups is 3. The zero-order chi connectivity index (χ0) is 21.6. The van der Waals surface area contributed by atoms with E-state index in [0.717, 1.165) is 0 Å². The highest BCUT2D eigenvalue weighted by atomic mass is 16.6. The molecule has 0 saturated heterocycles. The fraction of sp³-hybridized carbons (Fsp3) is 0.476. The first-order valence-electron chi connectivity index (χ1n) is 9.45. The SMILES string of the molecule is CCc1nc2c(o1)C(=O)C(C(C)(NC(=O)OC(C)(C)C)C1(C)C=CC=N1)=CC2=O. The van der Waals surface area contributed by atoms with E-state index in [-0.39, 0.29) is 17.0 Å². The molecule has 1 aromatic heterocycles. The van der Waals surface area contributed by atoms with Gasteiger partial charge in [-0.25, -0.2) is 9.78 Å². The molecule has 2 unspecified atom stereocenters. The molecule has 2 aliphatic rings. The first-order chi connectivity index (χ1) is 13.4. The highest BCUT2D eigenvalue weighted by molar-refractivity contribution is 6.23. The van der Waals surface area contributed by atoms with E-state index in [1.54, 1.807) is 53.0 Å². The first-order valence-corrected chi connectivity index (χ1v) is 9.45. The van der Waals surface area contributed by atoms with Crippen LogP contribution in [0.5, 0.6) is 0 Å². The third kappa shape index (κ3) is 3.54. The number of ether oxygens (including phenoxy) is 1. The predicted molar refractivity (Wildman–Crippen MR) is 106 cm³/mol. The van der Waals surface area contributed by atoms with Gasteiger partial charge in [0.1, 0.15) is 11.1 Å². The zero-order valence-corrected chi connectivity index (χ0v) is 17.5. The van der Waals surface area contributed by atoms with Gasteiger partial charge in [0.05, 0.1) is 5.54 Å². The Bertz CT molecular complexity index is 965. The summed E-state index contributed by atoms with van der Waals surface area (Å²) in [5.41, 5.74) is -3.08. The van der Waals surface area contributed by atoms with Crippen LogP contribution in [0.2, 0.25) is 0 Å². The standard InChI is InChI=1S/C21H25N3O5/c1-7-14-23-15-13(25)11-12(16(26)17(15)28-14)21(6,20(5)9-8-10-22-20)24-18(27)29-19(2,3)4/h8-11H,7H2,1-6H3,(H,24,27). The Labute approximate surface area is 169 Å². The lowest BCUT2D eigenvalue weighted by atomic mass is 9.71. The quantitative estimate of drug-likeness (QED) is 0.832. The predicted octanol–water partition coefficient (Wildman–Crippen LogP) is 3.23. The van der Waals surface area contributed by atoms with Crippen LogP contribution < -0.4 is 5.32 Å². The van der Waals surface area contributed by atoms with Crippen molar-refractivity contribution in [3.05, 3.63) is 41.1 Å². The summed E-state index contributed by atoms with van der Waals surface area (Å²) in [7, 11) is 0. The number of fused-ring (bicyclic) bond motifs is 1. The third-order valence-electron chi connectivity index (χ3n) is 5.09. The van der Waals surface area contributed by atoms with Crippen LogP contribution >= 0.6 is 0 Å². The van der Waals surface area contributed by atoms with Crippen molar-refractivity contribution in [2.24, 2.45) is 4.99 Å². The zero-order valence-electron chi connectivity index (χ0n) is 17.5. The van der Waals surface area contributed by atoms with Gasteiger partial charge in [0.15, 0.2) is 11.6 Å². The monoisotopic (exact) mass is 399 g/mol. The number of nitrogens with one attached hydrogen (secondary N) is 1. The van der Waals surface area contributed by atoms with E-state index in [1.807, 2.05) is 6.92 Å². The highest BCUT2D eigenvalue weighted by Gasteiger charge is 2.53. The second-order valence-electron chi connectivity index (χ2n) is 8.43. The van der Waals surface area contributed by atoms with Crippen molar-refractivity contribution in [3.8, 4) is 0 Å². The van der Waals surface area contributed by atoms with Crippen LogP contribution in [0.15, 0.2) is 33.2 Å². The lowest BCUT2D eigenvalue weighted by molar-refractivity contribution is 0.0451. The molecule has 0 fully saturated rings. The average molecular weight is 399 g/mol. The number of aryl methyl sites for hydroxylation is 1. The Morgan fingerprint density at radius 1 is 1.28 bits per heavy atom. The van der Waals surface area contributed by atoms with Crippen molar-refractivity contribution in [2.75, 3.05) is 0 Å². The van der Waals surface area contributed by atoms with E-state index in [2.05, 4.69) is 15.3 Å². The summed E-state index contributed by atoms with van der Waals surface area (Å²) in [6, 6.07) is 0. The van der Waals surface area contributed by atoms with Gasteiger partial charge in [0, 0.05) is 18.2 Å². The van der Waals surface area contributed by atoms with Crippen molar-refractivity contribution in [3.63, 3.8) is 0 Å². The smallest absolute Gasteiger partial charge is 0.408 e. The first kappa shape index (κ1) is 20.7. The molecule has 8 nitrogen and oxygen atoms in total. The van der Waals surface area contributed by atoms with Crippen molar-refractivity contribution in [2.45, 2.75) is 64.6 Å². The van der Waals surface area contributed by atoms with E-state index < -0.39 is 34.3 Å². The maximum atomic E-state index is 13.3. The van der Waals surface area contributed by atoms with Gasteiger partial charge in [-0.3, -0.25) is 14.6 Å². The molecule has 1 aliphatic heterocycles. The molecule has 1 amide bonds. The van der Waals surface area contributed by atoms with Crippen LogP contribution in [0.25, 0.3) is 0 Å². The molecular weight excluding hydrogens is 374 g/mol. The summed E-state index contributed by atoms with van der Waals surface area (Å²) in [4.78, 5) is 47.2. The van der Waals surface area contributed by atoms with Crippen LogP contribution in [0, 0.1) is 0 Å². The van der Waals surface area contributed by atoms with Crippen LogP contribution in [0.1, 0.15) is 68.5 Å². The number of hydrogen-bond donors (Lipinski definition) is 1. The second-order valence-corrected chi connectivity index (χ2v) is 8.43. The topological polar surface area (TPSA) is 111 Å². The molecule has 1 aliphatic carbocycles. The van der Waals surface area contributed by atoms with Crippen LogP contribution in [0.3, 0.4) is 0 Å². The number of amides is 1. The molecule has 0 bridgehead atoms. The number of alkyl carbamates (subject to hydrolysis) is 1. The summed E-state index contributed by atoms with van der Waals surface area (Å²) in [6.07, 6.45) is 5.99. The number of oxazole rings is 1. The van der Waals surface area contributed by atoms with Crippen molar-refractivity contribution in [1.82, 2.24) is 10.3 Å². The Balaban J connectivity index is 2.08. The summed E-state index contributed by atoms with van der Waals surface area (Å²) >= 11 is 0. The maximum absolute atomic E-state index is 13.3. The van der Waals surface area contributed by atoms with Gasteiger partial charge in [0.2, 0.25) is 17.3 Å². The molecular formula is C21H25N3O5. The van der Waals surface area contributed by atoms with E-state index in [9.17, 15) is 14.4 Å². The molecule has 1 aromatic rings. The van der Waals surface area contributed by atoms with Gasteiger partial charge in [-0.05, 0) is 46.8 Å². The Morgan fingerprint density at radius 3 is 2.52 bits per heavy atom. The lowest BCUT2D eigenvalue weighted by Gasteiger charge is -2.43. The van der Waals surface area contributed by atoms with Crippen LogP contribution in [-0.4, -0.2) is 45.5 Å². The second kappa shape index (κ2) is 6.79. The number of carbonyl (C=O) groups excluding carboxylic acids is 3. The molecule has 2 heterocycles. The van der Waals surface area contributed by atoms with E-state index in [4.69, 9.17) is 9.15 Å². The number of nitrogens with zero attached hydrogens (tertiary/aromatic N) is 2. The third-order valence-corrected chi connectivity index (χ3v) is 5.09. The van der Waals surface area contributed by atoms with E-state index in [1.165, 1.54) is 6.08 Å². The number of ketones is 2. The normalized spacial score (nSPS) is 22.9. The number of rotatable bonds is 4. The van der Waals surface area contributed by atoms with Crippen LogP contribution in [-0.2, 0) is 11.2 Å². The number of Topliss-reactive ketones (excluding diaryl/α,β-unsaturated/α-hetero) is 1. The van der Waals surface area contributed by atoms with Gasteiger partial charge in [-0.15, -0.1) is 0 Å². The fourth-order valence-corrected chi connectivity index (χ4v) is 3.34. The minimum Gasteiger partial charge on any atom is -0.444 e. The number of aliphatic imine (C=N–C) groups is 1. The van der Waals surface area contributed by atoms with Crippen molar-refractivity contribution >= 4 is 23.9 Å². The number of aromatic nitrogens is 1. The van der Waals surface area contributed by atoms with Gasteiger partial charge in [0.25, 0.3) is 0 Å². The Kier molecular flexibility index (Phi) is 4.85. The fourth-order valence-electron chi connectivity index (χ4n) is 3.34. The summed E-state index contributed by atoms with van der Waals surface area (Å²) in [5, 5.41) is 2.78. The molecule has 2 atom stereocenters. The summed E-state index contributed by atoms with van der Waals surface area (Å²) in [5.74, 6) is -0.777. The van der Waals surface area contributed by atoms with Gasteiger partial charge < -0.3 is 14.5 Å². The van der Waals surface area contributed by atoms with Crippen molar-refractivity contribution in [1.29, 1.82) is 0 Å². The van der Waals surface area contributed by atoms with Gasteiger partial charge in [-0.2, -0.15) is 0 Å². The largest absolute Gasteiger partial charge is 0.444 e. The van der Waals surface area contributed by atoms with Gasteiger partial charge in [-0.1, -0.05) is 13.0 Å². The minimum absolute atomic E-state index is 0.00848. The van der Waals surface area contributed by atoms with Gasteiger partial charge >= 0.3 is 6.09 Å². The lowest BCUT2D eigenvalue weighted by Crippen LogP contribution is -2.62. The molecule has 154 valence electrons. The minimum atomic E-state index is -1.37. The van der Waals surface area contributed by atoms with Crippen LogP contribution in [0.4, 0.5) is 4.79 Å². The molecule has 1 N–H and O–H groups in total. The maximum Gasteiger partial charge on any atom is 0.408 e. The molecule has 8 heteroatoms. The molecule has 0 spiro atoms.